The summed E-state index contributed by atoms with van der Waals surface area (Å²) in [6.45, 7) is 0.0473. The predicted octanol–water partition coefficient (Wildman–Crippen LogP) is 4.02. The minimum absolute atomic E-state index is 0.00693. The SMILES string of the molecule is CN(C(=O)[C@H](Cc1ccccc1)NC(=O)OCc1ccccc1)N(C#N)Cc1cccc(F)c1. The molecule has 0 aliphatic carbocycles. The number of rotatable bonds is 9. The summed E-state index contributed by atoms with van der Waals surface area (Å²) in [5, 5.41) is 14.5. The number of likely N-dealkylation sites (N-methyl/N-ethyl adjacent to an activating group) is 1. The topological polar surface area (TPSA) is 85.7 Å². The van der Waals surface area contributed by atoms with Crippen molar-refractivity contribution in [2.24, 2.45) is 0 Å². The van der Waals surface area contributed by atoms with Crippen LogP contribution in [0.3, 0.4) is 0 Å². The third kappa shape index (κ3) is 7.07. The number of hydrogen-bond donors (Lipinski definition) is 1. The van der Waals surface area contributed by atoms with Gasteiger partial charge in [-0.05, 0) is 28.8 Å². The molecule has 0 radical (unpaired) electrons. The van der Waals surface area contributed by atoms with Gasteiger partial charge in [0.15, 0.2) is 6.19 Å². The van der Waals surface area contributed by atoms with Crippen molar-refractivity contribution in [3.63, 3.8) is 0 Å². The molecule has 3 aromatic carbocycles. The number of amides is 2. The van der Waals surface area contributed by atoms with E-state index in [2.05, 4.69) is 5.32 Å². The molecule has 0 spiro atoms. The maximum absolute atomic E-state index is 13.5. The van der Waals surface area contributed by atoms with Crippen LogP contribution in [0.4, 0.5) is 9.18 Å². The molecule has 0 saturated carbocycles. The Labute approximate surface area is 197 Å². The van der Waals surface area contributed by atoms with E-state index < -0.39 is 23.9 Å². The lowest BCUT2D eigenvalue weighted by Gasteiger charge is -2.30. The Morgan fingerprint density at radius 1 is 0.971 bits per heavy atom. The molecule has 3 rings (SSSR count). The number of carbonyl (C=O) groups is 2. The largest absolute Gasteiger partial charge is 0.445 e. The number of carbonyl (C=O) groups excluding carboxylic acids is 2. The maximum atomic E-state index is 13.5. The van der Waals surface area contributed by atoms with Gasteiger partial charge in [0.25, 0.3) is 5.91 Å². The van der Waals surface area contributed by atoms with Gasteiger partial charge in [-0.1, -0.05) is 72.8 Å². The first-order valence-corrected chi connectivity index (χ1v) is 10.7. The van der Waals surface area contributed by atoms with Gasteiger partial charge < -0.3 is 10.1 Å². The van der Waals surface area contributed by atoms with Crippen molar-refractivity contribution in [1.82, 2.24) is 15.3 Å². The average Bonchev–Trinajstić information content (AvgIpc) is 2.86. The van der Waals surface area contributed by atoms with Crippen molar-refractivity contribution in [3.05, 3.63) is 107 Å². The van der Waals surface area contributed by atoms with E-state index >= 15 is 0 Å². The highest BCUT2D eigenvalue weighted by atomic mass is 19.1. The molecule has 1 N–H and O–H groups in total. The number of nitrogens with zero attached hydrogens (tertiary/aromatic N) is 3. The Balaban J connectivity index is 1.71. The number of halogens is 1. The van der Waals surface area contributed by atoms with Crippen molar-refractivity contribution in [1.29, 1.82) is 5.26 Å². The third-order valence-electron chi connectivity index (χ3n) is 5.10. The fraction of sp³-hybridized carbons (Fsp3) is 0.192. The first-order valence-electron chi connectivity index (χ1n) is 10.7. The molecule has 7 nitrogen and oxygen atoms in total. The fourth-order valence-electron chi connectivity index (χ4n) is 3.32. The second-order valence-corrected chi connectivity index (χ2v) is 7.60. The van der Waals surface area contributed by atoms with Crippen LogP contribution in [-0.4, -0.2) is 35.1 Å². The number of nitrogens with one attached hydrogen (secondary N) is 1. The van der Waals surface area contributed by atoms with Crippen LogP contribution in [0.2, 0.25) is 0 Å². The average molecular weight is 461 g/mol. The molecule has 0 aromatic heterocycles. The van der Waals surface area contributed by atoms with Gasteiger partial charge in [0, 0.05) is 13.5 Å². The number of alkyl carbamates (subject to hydrolysis) is 1. The summed E-state index contributed by atoms with van der Waals surface area (Å²) in [6.07, 6.45) is 1.39. The van der Waals surface area contributed by atoms with Gasteiger partial charge in [-0.25, -0.2) is 19.2 Å². The van der Waals surface area contributed by atoms with Gasteiger partial charge in [0.2, 0.25) is 0 Å². The zero-order valence-electron chi connectivity index (χ0n) is 18.7. The number of nitriles is 1. The molecule has 8 heteroatoms. The molecule has 0 fully saturated rings. The van der Waals surface area contributed by atoms with Crippen LogP contribution in [0.15, 0.2) is 84.9 Å². The zero-order chi connectivity index (χ0) is 24.3. The maximum Gasteiger partial charge on any atom is 0.408 e. The number of hydrazine groups is 1. The quantitative estimate of drug-likeness (QED) is 0.296. The number of ether oxygens (including phenoxy) is 1. The predicted molar refractivity (Wildman–Crippen MR) is 124 cm³/mol. The van der Waals surface area contributed by atoms with E-state index in [9.17, 15) is 19.2 Å². The summed E-state index contributed by atoms with van der Waals surface area (Å²) >= 11 is 0. The van der Waals surface area contributed by atoms with Crippen LogP contribution in [0, 0.1) is 17.3 Å². The van der Waals surface area contributed by atoms with Gasteiger partial charge in [-0.2, -0.15) is 5.26 Å². The van der Waals surface area contributed by atoms with Crippen molar-refractivity contribution in [3.8, 4) is 6.19 Å². The Morgan fingerprint density at radius 3 is 2.21 bits per heavy atom. The smallest absolute Gasteiger partial charge is 0.408 e. The summed E-state index contributed by atoms with van der Waals surface area (Å²) in [5.41, 5.74) is 2.16. The summed E-state index contributed by atoms with van der Waals surface area (Å²) in [6, 6.07) is 23.2. The standard InChI is InChI=1S/C26H25FN4O3/c1-30(31(19-28)17-22-13-8-14-23(27)15-22)25(32)24(16-20-9-4-2-5-10-20)29-26(33)34-18-21-11-6-3-7-12-21/h2-15,24H,16-18H2,1H3,(H,29,33)/t24-/m0/s1. The molecule has 174 valence electrons. The highest BCUT2D eigenvalue weighted by molar-refractivity contribution is 5.85. The van der Waals surface area contributed by atoms with Crippen LogP contribution >= 0.6 is 0 Å². The van der Waals surface area contributed by atoms with Crippen LogP contribution in [0.25, 0.3) is 0 Å². The third-order valence-corrected chi connectivity index (χ3v) is 5.10. The molecule has 3 aromatic rings. The Hall–Kier alpha value is -4.38. The van der Waals surface area contributed by atoms with E-state index in [-0.39, 0.29) is 19.6 Å². The Morgan fingerprint density at radius 2 is 1.59 bits per heavy atom. The lowest BCUT2D eigenvalue weighted by molar-refractivity contribution is -0.143. The first kappa shape index (κ1) is 24.3. The summed E-state index contributed by atoms with van der Waals surface area (Å²) in [4.78, 5) is 25.8. The molecule has 1 atom stereocenters. The van der Waals surface area contributed by atoms with Gasteiger partial charge in [-0.15, -0.1) is 0 Å². The summed E-state index contributed by atoms with van der Waals surface area (Å²) in [7, 11) is 1.43. The van der Waals surface area contributed by atoms with Crippen LogP contribution < -0.4 is 5.32 Å². The van der Waals surface area contributed by atoms with Crippen LogP contribution in [0.5, 0.6) is 0 Å². The second-order valence-electron chi connectivity index (χ2n) is 7.60. The lowest BCUT2D eigenvalue weighted by Crippen LogP contribution is -2.52. The van der Waals surface area contributed by atoms with Crippen LogP contribution in [-0.2, 0) is 29.1 Å². The molecular formula is C26H25FN4O3. The number of benzene rings is 3. The van der Waals surface area contributed by atoms with Gasteiger partial charge in [0.05, 0.1) is 6.54 Å². The van der Waals surface area contributed by atoms with Crippen molar-refractivity contribution in [2.75, 3.05) is 7.05 Å². The van der Waals surface area contributed by atoms with Gasteiger partial charge in [0.1, 0.15) is 18.5 Å². The normalized spacial score (nSPS) is 11.1. The molecule has 0 saturated heterocycles. The highest BCUT2D eigenvalue weighted by Gasteiger charge is 2.28. The van der Waals surface area contributed by atoms with Crippen molar-refractivity contribution >= 4 is 12.0 Å². The zero-order valence-corrected chi connectivity index (χ0v) is 18.7. The molecule has 2 amide bonds. The molecule has 0 aliphatic heterocycles. The number of hydrogen-bond acceptors (Lipinski definition) is 5. The van der Waals surface area contributed by atoms with E-state index in [0.29, 0.717) is 5.56 Å². The molecular weight excluding hydrogens is 435 g/mol. The van der Waals surface area contributed by atoms with Crippen molar-refractivity contribution < 1.29 is 18.7 Å². The second kappa shape index (κ2) is 12.0. The molecule has 0 heterocycles. The fourth-order valence-corrected chi connectivity index (χ4v) is 3.32. The Bertz CT molecular complexity index is 1140. The summed E-state index contributed by atoms with van der Waals surface area (Å²) in [5.74, 6) is -0.951. The van der Waals surface area contributed by atoms with E-state index in [0.717, 1.165) is 21.1 Å². The molecule has 0 aliphatic rings. The van der Waals surface area contributed by atoms with E-state index in [4.69, 9.17) is 4.74 Å². The van der Waals surface area contributed by atoms with E-state index in [1.54, 1.807) is 6.07 Å². The van der Waals surface area contributed by atoms with Gasteiger partial charge in [-0.3, -0.25) is 4.79 Å². The van der Waals surface area contributed by atoms with Gasteiger partial charge >= 0.3 is 6.09 Å². The van der Waals surface area contributed by atoms with Crippen molar-refractivity contribution in [2.45, 2.75) is 25.6 Å². The molecule has 0 unspecified atom stereocenters. The molecule has 34 heavy (non-hydrogen) atoms. The van der Waals surface area contributed by atoms with E-state index in [1.165, 1.54) is 25.2 Å². The minimum Gasteiger partial charge on any atom is -0.445 e. The first-order chi connectivity index (χ1) is 16.5. The lowest BCUT2D eigenvalue weighted by atomic mass is 10.1. The van der Waals surface area contributed by atoms with Crippen LogP contribution in [0.1, 0.15) is 16.7 Å². The van der Waals surface area contributed by atoms with E-state index in [1.807, 2.05) is 66.9 Å². The monoisotopic (exact) mass is 460 g/mol. The summed E-state index contributed by atoms with van der Waals surface area (Å²) < 4.78 is 18.8. The molecule has 0 bridgehead atoms. The highest BCUT2D eigenvalue weighted by Crippen LogP contribution is 2.12. The Kier molecular flexibility index (Phi) is 8.58. The minimum atomic E-state index is -0.987.